The van der Waals surface area contributed by atoms with Crippen molar-refractivity contribution in [1.82, 2.24) is 9.29 Å². The number of carbonyl (C=O) groups is 1. The van der Waals surface area contributed by atoms with Gasteiger partial charge in [0.25, 0.3) is 5.91 Å². The fraction of sp³-hybridized carbons (Fsp3) is 0.263. The zero-order valence-electron chi connectivity index (χ0n) is 15.0. The highest BCUT2D eigenvalue weighted by atomic mass is 32.2. The first-order valence-corrected chi connectivity index (χ1v) is 9.90. The van der Waals surface area contributed by atoms with E-state index < -0.39 is 27.8 Å². The Balaban J connectivity index is 1.97. The number of terminal acetylenes is 1. The van der Waals surface area contributed by atoms with E-state index in [1.807, 2.05) is 0 Å². The monoisotopic (exact) mass is 400 g/mol. The number of amides is 1. The maximum absolute atomic E-state index is 13.5. The van der Waals surface area contributed by atoms with Crippen LogP contribution in [0.2, 0.25) is 0 Å². The first-order chi connectivity index (χ1) is 13.3. The molecule has 1 aromatic carbocycles. The first-order valence-electron chi connectivity index (χ1n) is 8.41. The molecule has 0 unspecified atom stereocenters. The molecule has 0 saturated carbocycles. The van der Waals surface area contributed by atoms with Crippen LogP contribution < -0.4 is 10.0 Å². The lowest BCUT2D eigenvalue weighted by Crippen LogP contribution is -2.33. The average Bonchev–Trinajstić information content (AvgIpc) is 2.92. The van der Waals surface area contributed by atoms with E-state index >= 15 is 0 Å². The number of halogens is 1. The van der Waals surface area contributed by atoms with Crippen LogP contribution in [0, 0.1) is 29.5 Å². The fourth-order valence-corrected chi connectivity index (χ4v) is 4.83. The summed E-state index contributed by atoms with van der Waals surface area (Å²) in [6.45, 7) is 0. The van der Waals surface area contributed by atoms with E-state index in [1.54, 1.807) is 13.1 Å². The molecule has 0 aliphatic carbocycles. The van der Waals surface area contributed by atoms with Crippen molar-refractivity contribution in [3.8, 4) is 18.4 Å². The second kappa shape index (κ2) is 7.47. The van der Waals surface area contributed by atoms with Gasteiger partial charge in [0.05, 0.1) is 5.56 Å². The summed E-state index contributed by atoms with van der Waals surface area (Å²) in [5, 5.41) is 11.5. The normalized spacial score (nSPS) is 17.6. The Labute approximate surface area is 162 Å². The van der Waals surface area contributed by atoms with Crippen molar-refractivity contribution in [2.75, 3.05) is 5.32 Å². The topological polar surface area (TPSA) is 104 Å². The van der Waals surface area contributed by atoms with Crippen molar-refractivity contribution in [3.05, 3.63) is 47.0 Å². The Bertz CT molecular complexity index is 1140. The average molecular weight is 400 g/mol. The molecule has 1 aliphatic heterocycles. The molecule has 9 heteroatoms. The lowest BCUT2D eigenvalue weighted by Gasteiger charge is -2.12. The third-order valence-corrected chi connectivity index (χ3v) is 6.10. The van der Waals surface area contributed by atoms with Gasteiger partial charge in [0.1, 0.15) is 22.5 Å². The van der Waals surface area contributed by atoms with E-state index in [1.165, 1.54) is 22.9 Å². The molecular weight excluding hydrogens is 383 g/mol. The molecule has 0 radical (unpaired) electrons. The van der Waals surface area contributed by atoms with E-state index in [0.29, 0.717) is 18.4 Å². The van der Waals surface area contributed by atoms with Crippen molar-refractivity contribution in [2.45, 2.75) is 30.2 Å². The van der Waals surface area contributed by atoms with Gasteiger partial charge in [-0.1, -0.05) is 0 Å². The first kappa shape index (κ1) is 19.6. The molecule has 0 saturated heterocycles. The van der Waals surface area contributed by atoms with Crippen molar-refractivity contribution < 1.29 is 17.6 Å². The van der Waals surface area contributed by atoms with Crippen molar-refractivity contribution >= 4 is 21.6 Å². The van der Waals surface area contributed by atoms with Crippen LogP contribution in [0.15, 0.2) is 29.3 Å². The highest BCUT2D eigenvalue weighted by Gasteiger charge is 2.32. The highest BCUT2D eigenvalue weighted by Crippen LogP contribution is 2.28. The number of hydrogen-bond acceptors (Lipinski definition) is 4. The fourth-order valence-electron chi connectivity index (χ4n) is 3.24. The standard InChI is InChI=1S/C19H17FN4O3S/c1-3-4-13-5-7-15-17(28(26,27)23-13)11-24(2)18(15)19(25)22-14-6-8-16(20)12(9-14)10-21/h1,6,8-9,11,13,23H,4-5,7H2,2H3,(H,22,25)/t13-/m1/s1. The van der Waals surface area contributed by atoms with Gasteiger partial charge in [-0.2, -0.15) is 5.26 Å². The smallest absolute Gasteiger partial charge is 0.272 e. The van der Waals surface area contributed by atoms with Gasteiger partial charge in [0.2, 0.25) is 10.0 Å². The molecule has 2 heterocycles. The van der Waals surface area contributed by atoms with Gasteiger partial charge in [-0.05, 0) is 31.0 Å². The van der Waals surface area contributed by atoms with Crippen LogP contribution in [0.1, 0.15) is 34.5 Å². The van der Waals surface area contributed by atoms with Crippen LogP contribution in [0.25, 0.3) is 0 Å². The number of benzene rings is 1. The van der Waals surface area contributed by atoms with Gasteiger partial charge in [-0.15, -0.1) is 12.3 Å². The summed E-state index contributed by atoms with van der Waals surface area (Å²) in [6.07, 6.45) is 7.74. The molecule has 0 bridgehead atoms. The van der Waals surface area contributed by atoms with Crippen LogP contribution in [0.4, 0.5) is 10.1 Å². The quantitative estimate of drug-likeness (QED) is 0.768. The van der Waals surface area contributed by atoms with Gasteiger partial charge in [0.15, 0.2) is 0 Å². The molecule has 0 spiro atoms. The summed E-state index contributed by atoms with van der Waals surface area (Å²) < 4.78 is 42.8. The molecule has 3 rings (SSSR count). The largest absolute Gasteiger partial charge is 0.345 e. The Hall–Kier alpha value is -3.14. The number of fused-ring (bicyclic) bond motifs is 1. The zero-order valence-corrected chi connectivity index (χ0v) is 15.8. The summed E-state index contributed by atoms with van der Waals surface area (Å²) in [5.41, 5.74) is 0.615. The van der Waals surface area contributed by atoms with E-state index in [0.717, 1.165) is 6.07 Å². The van der Waals surface area contributed by atoms with Crippen molar-refractivity contribution in [3.63, 3.8) is 0 Å². The third kappa shape index (κ3) is 3.63. The summed E-state index contributed by atoms with van der Waals surface area (Å²) in [5.74, 6) is 1.21. The van der Waals surface area contributed by atoms with Crippen LogP contribution in [-0.2, 0) is 23.5 Å². The minimum atomic E-state index is -3.81. The van der Waals surface area contributed by atoms with Gasteiger partial charge < -0.3 is 9.88 Å². The number of hydrogen-bond donors (Lipinski definition) is 2. The van der Waals surface area contributed by atoms with E-state index in [-0.39, 0.29) is 28.3 Å². The van der Waals surface area contributed by atoms with Crippen LogP contribution in [-0.4, -0.2) is 24.9 Å². The molecule has 1 aromatic heterocycles. The van der Waals surface area contributed by atoms with Gasteiger partial charge >= 0.3 is 0 Å². The number of aryl methyl sites for hydroxylation is 1. The maximum Gasteiger partial charge on any atom is 0.272 e. The SMILES string of the molecule is C#CC[C@@H]1CCc2c(cn(C)c2C(=O)Nc2ccc(F)c(C#N)c2)S(=O)(=O)N1. The number of aromatic nitrogens is 1. The lowest BCUT2D eigenvalue weighted by atomic mass is 10.0. The van der Waals surface area contributed by atoms with Crippen LogP contribution in [0.5, 0.6) is 0 Å². The number of rotatable bonds is 3. The zero-order chi connectivity index (χ0) is 20.5. The number of anilines is 1. The minimum absolute atomic E-state index is 0.0384. The maximum atomic E-state index is 13.5. The van der Waals surface area contributed by atoms with Gasteiger partial charge in [0, 0.05) is 37.0 Å². The molecule has 1 aliphatic rings. The van der Waals surface area contributed by atoms with Crippen LogP contribution in [0.3, 0.4) is 0 Å². The molecule has 0 fully saturated rings. The number of carbonyl (C=O) groups excluding carboxylic acids is 1. The predicted molar refractivity (Wildman–Crippen MR) is 100 cm³/mol. The van der Waals surface area contributed by atoms with Gasteiger partial charge in [-0.3, -0.25) is 4.79 Å². The Morgan fingerprint density at radius 1 is 1.50 bits per heavy atom. The third-order valence-electron chi connectivity index (χ3n) is 4.53. The number of sulfonamides is 1. The lowest BCUT2D eigenvalue weighted by molar-refractivity contribution is 0.101. The molecule has 1 atom stereocenters. The highest BCUT2D eigenvalue weighted by molar-refractivity contribution is 7.89. The molecule has 7 nitrogen and oxygen atoms in total. The predicted octanol–water partition coefficient (Wildman–Crippen LogP) is 1.90. The molecular formula is C19H17FN4O3S. The van der Waals surface area contributed by atoms with Crippen molar-refractivity contribution in [1.29, 1.82) is 5.26 Å². The molecule has 2 aromatic rings. The Morgan fingerprint density at radius 3 is 2.93 bits per heavy atom. The second-order valence-corrected chi connectivity index (χ2v) is 8.14. The molecule has 28 heavy (non-hydrogen) atoms. The number of nitriles is 1. The second-order valence-electron chi connectivity index (χ2n) is 6.46. The van der Waals surface area contributed by atoms with Crippen LogP contribution >= 0.6 is 0 Å². The van der Waals surface area contributed by atoms with E-state index in [9.17, 15) is 17.6 Å². The van der Waals surface area contributed by atoms with E-state index in [4.69, 9.17) is 11.7 Å². The summed E-state index contributed by atoms with van der Waals surface area (Å²) in [4.78, 5) is 12.9. The Morgan fingerprint density at radius 2 is 2.25 bits per heavy atom. The summed E-state index contributed by atoms with van der Waals surface area (Å²) >= 11 is 0. The number of nitrogens with one attached hydrogen (secondary N) is 2. The molecule has 144 valence electrons. The molecule has 2 N–H and O–H groups in total. The number of nitrogens with zero attached hydrogens (tertiary/aromatic N) is 2. The Kier molecular flexibility index (Phi) is 5.23. The van der Waals surface area contributed by atoms with Crippen molar-refractivity contribution in [2.24, 2.45) is 7.05 Å². The summed E-state index contributed by atoms with van der Waals surface area (Å²) in [7, 11) is -2.24. The molecule has 1 amide bonds. The van der Waals surface area contributed by atoms with E-state index in [2.05, 4.69) is 16.0 Å². The summed E-state index contributed by atoms with van der Waals surface area (Å²) in [6, 6.07) is 4.93. The van der Waals surface area contributed by atoms with Gasteiger partial charge in [-0.25, -0.2) is 17.5 Å². The minimum Gasteiger partial charge on any atom is -0.345 e.